The number of aliphatic hydroxyl groups excluding tert-OH is 1. The Hall–Kier alpha value is -1.82. The van der Waals surface area contributed by atoms with Crippen molar-refractivity contribution in [2.75, 3.05) is 18.1 Å². The van der Waals surface area contributed by atoms with Crippen LogP contribution in [0.2, 0.25) is 0 Å². The maximum absolute atomic E-state index is 14.0. The molecular weight excluding hydrogens is 237 g/mol. The third kappa shape index (κ3) is 2.53. The molecule has 0 spiro atoms. The summed E-state index contributed by atoms with van der Waals surface area (Å²) in [7, 11) is 0. The number of oxime groups is 1. The standard InChI is InChI=1S/C12H16FN3O2/c13-10-7-8(12(14)15-18)1-4-11(10)16(5-6-17)9-2-3-9/h1,4,7,9,17-18H,2-3,5-6H2,(H2,14,15). The summed E-state index contributed by atoms with van der Waals surface area (Å²) in [6, 6.07) is 4.73. The molecule has 1 aliphatic rings. The topological polar surface area (TPSA) is 82.1 Å². The van der Waals surface area contributed by atoms with Gasteiger partial charge in [0.25, 0.3) is 0 Å². The first kappa shape index (κ1) is 12.6. The van der Waals surface area contributed by atoms with Crippen molar-refractivity contribution in [2.45, 2.75) is 18.9 Å². The van der Waals surface area contributed by atoms with Gasteiger partial charge < -0.3 is 20.9 Å². The highest BCUT2D eigenvalue weighted by atomic mass is 19.1. The molecule has 0 aromatic heterocycles. The molecule has 0 unspecified atom stereocenters. The highest BCUT2D eigenvalue weighted by Gasteiger charge is 2.30. The SMILES string of the molecule is N/C(=N/O)c1ccc(N(CCO)C2CC2)c(F)c1. The second-order valence-electron chi connectivity index (χ2n) is 4.30. The quantitative estimate of drug-likeness (QED) is 0.315. The Balaban J connectivity index is 2.27. The van der Waals surface area contributed by atoms with E-state index in [0.717, 1.165) is 12.8 Å². The maximum atomic E-state index is 14.0. The molecule has 5 nitrogen and oxygen atoms in total. The molecule has 0 radical (unpaired) electrons. The van der Waals surface area contributed by atoms with E-state index in [-0.39, 0.29) is 12.4 Å². The van der Waals surface area contributed by atoms with E-state index in [9.17, 15) is 4.39 Å². The molecule has 0 aliphatic heterocycles. The van der Waals surface area contributed by atoms with E-state index in [2.05, 4.69) is 5.16 Å². The van der Waals surface area contributed by atoms with Crippen LogP contribution in [-0.4, -0.2) is 35.3 Å². The Morgan fingerprint density at radius 1 is 1.50 bits per heavy atom. The molecule has 0 amide bonds. The molecule has 0 bridgehead atoms. The molecule has 6 heteroatoms. The number of nitrogens with zero attached hydrogens (tertiary/aromatic N) is 2. The van der Waals surface area contributed by atoms with Crippen molar-refractivity contribution in [3.05, 3.63) is 29.6 Å². The van der Waals surface area contributed by atoms with Gasteiger partial charge in [-0.25, -0.2) is 4.39 Å². The van der Waals surface area contributed by atoms with E-state index < -0.39 is 5.82 Å². The average Bonchev–Trinajstić information content (AvgIpc) is 3.19. The molecular formula is C12H16FN3O2. The predicted molar refractivity (Wildman–Crippen MR) is 66.4 cm³/mol. The third-order valence-electron chi connectivity index (χ3n) is 2.99. The Bertz CT molecular complexity index is 461. The molecule has 1 saturated carbocycles. The van der Waals surface area contributed by atoms with Crippen LogP contribution in [0.4, 0.5) is 10.1 Å². The minimum absolute atomic E-state index is 0.0159. The molecule has 4 N–H and O–H groups in total. The fourth-order valence-electron chi connectivity index (χ4n) is 1.95. The van der Waals surface area contributed by atoms with Gasteiger partial charge in [-0.05, 0) is 31.0 Å². The molecule has 1 aromatic rings. The van der Waals surface area contributed by atoms with Crippen LogP contribution in [0.5, 0.6) is 0 Å². The minimum Gasteiger partial charge on any atom is -0.409 e. The number of benzene rings is 1. The van der Waals surface area contributed by atoms with Crippen LogP contribution in [0, 0.1) is 5.82 Å². The number of anilines is 1. The highest BCUT2D eigenvalue weighted by molar-refractivity contribution is 5.97. The smallest absolute Gasteiger partial charge is 0.170 e. The lowest BCUT2D eigenvalue weighted by Crippen LogP contribution is -2.29. The van der Waals surface area contributed by atoms with E-state index in [1.807, 2.05) is 4.90 Å². The van der Waals surface area contributed by atoms with Crippen LogP contribution in [0.1, 0.15) is 18.4 Å². The van der Waals surface area contributed by atoms with E-state index in [1.54, 1.807) is 12.1 Å². The number of halogens is 1. The summed E-state index contributed by atoms with van der Waals surface area (Å²) in [6.45, 7) is 0.391. The summed E-state index contributed by atoms with van der Waals surface area (Å²) in [5, 5.41) is 20.4. The molecule has 98 valence electrons. The van der Waals surface area contributed by atoms with Gasteiger partial charge in [0.2, 0.25) is 0 Å². The van der Waals surface area contributed by atoms with Crippen LogP contribution >= 0.6 is 0 Å². The molecule has 0 saturated heterocycles. The van der Waals surface area contributed by atoms with Crippen molar-refractivity contribution >= 4 is 11.5 Å². The summed E-state index contributed by atoms with van der Waals surface area (Å²) >= 11 is 0. The number of nitrogens with two attached hydrogens (primary N) is 1. The lowest BCUT2D eigenvalue weighted by Gasteiger charge is -2.24. The van der Waals surface area contributed by atoms with Crippen molar-refractivity contribution in [3.63, 3.8) is 0 Å². The minimum atomic E-state index is -0.431. The van der Waals surface area contributed by atoms with Crippen LogP contribution in [0.25, 0.3) is 0 Å². The van der Waals surface area contributed by atoms with Crippen molar-refractivity contribution in [2.24, 2.45) is 10.9 Å². The maximum Gasteiger partial charge on any atom is 0.170 e. The number of aliphatic hydroxyl groups is 1. The highest BCUT2D eigenvalue weighted by Crippen LogP contribution is 2.33. The van der Waals surface area contributed by atoms with E-state index in [1.165, 1.54) is 6.07 Å². The molecule has 1 aliphatic carbocycles. The fourth-order valence-corrected chi connectivity index (χ4v) is 1.95. The van der Waals surface area contributed by atoms with Crippen molar-refractivity contribution in [3.8, 4) is 0 Å². The number of hydrogen-bond donors (Lipinski definition) is 3. The van der Waals surface area contributed by atoms with Gasteiger partial charge in [0.05, 0.1) is 12.3 Å². The largest absolute Gasteiger partial charge is 0.409 e. The van der Waals surface area contributed by atoms with Gasteiger partial charge in [0, 0.05) is 18.2 Å². The summed E-state index contributed by atoms with van der Waals surface area (Å²) < 4.78 is 14.0. The zero-order valence-corrected chi connectivity index (χ0v) is 9.88. The Morgan fingerprint density at radius 2 is 2.22 bits per heavy atom. The molecule has 2 rings (SSSR count). The van der Waals surface area contributed by atoms with Crippen molar-refractivity contribution in [1.82, 2.24) is 0 Å². The van der Waals surface area contributed by atoms with E-state index in [0.29, 0.717) is 23.8 Å². The van der Waals surface area contributed by atoms with Crippen LogP contribution in [0.3, 0.4) is 0 Å². The monoisotopic (exact) mass is 253 g/mol. The Labute approximate surface area is 104 Å². The number of amidine groups is 1. The van der Waals surface area contributed by atoms with Gasteiger partial charge in [-0.1, -0.05) is 5.16 Å². The van der Waals surface area contributed by atoms with E-state index in [4.69, 9.17) is 16.0 Å². The van der Waals surface area contributed by atoms with Crippen LogP contribution < -0.4 is 10.6 Å². The van der Waals surface area contributed by atoms with Gasteiger partial charge in [-0.2, -0.15) is 0 Å². The Kier molecular flexibility index (Phi) is 3.66. The van der Waals surface area contributed by atoms with Crippen LogP contribution in [-0.2, 0) is 0 Å². The fraction of sp³-hybridized carbons (Fsp3) is 0.417. The first-order valence-corrected chi connectivity index (χ1v) is 5.82. The summed E-state index contributed by atoms with van der Waals surface area (Å²) in [5.41, 5.74) is 6.18. The lowest BCUT2D eigenvalue weighted by molar-refractivity contribution is 0.301. The van der Waals surface area contributed by atoms with Crippen molar-refractivity contribution < 1.29 is 14.7 Å². The summed E-state index contributed by atoms with van der Waals surface area (Å²) in [6.07, 6.45) is 2.03. The second-order valence-corrected chi connectivity index (χ2v) is 4.30. The number of hydrogen-bond acceptors (Lipinski definition) is 4. The summed E-state index contributed by atoms with van der Waals surface area (Å²) in [4.78, 5) is 1.85. The molecule has 0 heterocycles. The molecule has 0 atom stereocenters. The third-order valence-corrected chi connectivity index (χ3v) is 2.99. The number of rotatable bonds is 5. The molecule has 1 aromatic carbocycles. The van der Waals surface area contributed by atoms with Crippen molar-refractivity contribution in [1.29, 1.82) is 0 Å². The molecule has 18 heavy (non-hydrogen) atoms. The zero-order chi connectivity index (χ0) is 13.1. The second kappa shape index (κ2) is 5.22. The van der Waals surface area contributed by atoms with Gasteiger partial charge in [-0.3, -0.25) is 0 Å². The van der Waals surface area contributed by atoms with Crippen LogP contribution in [0.15, 0.2) is 23.4 Å². The van der Waals surface area contributed by atoms with E-state index >= 15 is 0 Å². The zero-order valence-electron chi connectivity index (χ0n) is 9.88. The predicted octanol–water partition coefficient (Wildman–Crippen LogP) is 0.881. The Morgan fingerprint density at radius 3 is 2.72 bits per heavy atom. The van der Waals surface area contributed by atoms with Gasteiger partial charge in [0.15, 0.2) is 5.84 Å². The first-order valence-electron chi connectivity index (χ1n) is 5.82. The van der Waals surface area contributed by atoms with Gasteiger partial charge >= 0.3 is 0 Å². The van der Waals surface area contributed by atoms with Gasteiger partial charge in [0.1, 0.15) is 5.82 Å². The van der Waals surface area contributed by atoms with Gasteiger partial charge in [-0.15, -0.1) is 0 Å². The first-order chi connectivity index (χ1) is 8.67. The normalized spacial score (nSPS) is 15.8. The average molecular weight is 253 g/mol. The lowest BCUT2D eigenvalue weighted by atomic mass is 10.1. The summed E-state index contributed by atoms with van der Waals surface area (Å²) in [5.74, 6) is -0.556. The molecule has 1 fully saturated rings.